The van der Waals surface area contributed by atoms with E-state index >= 15 is 0 Å². The van der Waals surface area contributed by atoms with Gasteiger partial charge in [0.1, 0.15) is 11.2 Å². The summed E-state index contributed by atoms with van der Waals surface area (Å²) in [5.41, 5.74) is 0.139. The maximum atomic E-state index is 12.7. The van der Waals surface area contributed by atoms with Crippen LogP contribution in [0.1, 0.15) is 44.4 Å². The summed E-state index contributed by atoms with van der Waals surface area (Å²) in [7, 11) is -3.86. The van der Waals surface area contributed by atoms with Crippen molar-refractivity contribution < 1.29 is 17.6 Å². The molecule has 1 fully saturated rings. The predicted molar refractivity (Wildman–Crippen MR) is 95.6 cm³/mol. The van der Waals surface area contributed by atoms with Gasteiger partial charge in [0.05, 0.1) is 11.9 Å². The number of para-hydroxylation sites is 1. The molecule has 2 heterocycles. The number of benzene rings is 1. The molecule has 136 valence electrons. The average Bonchev–Trinajstić information content (AvgIpc) is 3.31. The standard InChI is InChI=1S/C18H19N3O4S/c22-14(7-10-18(8-3-4-9-18)17-19-11-12-25-17)16-20-13-5-1-2-6-15(13)26(23,24)21-16/h1-2,5-6,11-12H,3-4,7-10H2,(H,20,21). The number of aromatic nitrogens is 1. The number of nitrogens with one attached hydrogen (secondary N) is 1. The third kappa shape index (κ3) is 2.94. The van der Waals surface area contributed by atoms with E-state index in [4.69, 9.17) is 4.42 Å². The molecule has 1 aliphatic heterocycles. The molecule has 1 N–H and O–H groups in total. The first-order valence-corrected chi connectivity index (χ1v) is 10.1. The summed E-state index contributed by atoms with van der Waals surface area (Å²) in [6.45, 7) is 0. The molecule has 2 aliphatic rings. The minimum atomic E-state index is -3.86. The van der Waals surface area contributed by atoms with Crippen molar-refractivity contribution in [3.63, 3.8) is 0 Å². The summed E-state index contributed by atoms with van der Waals surface area (Å²) >= 11 is 0. The number of ketones is 1. The summed E-state index contributed by atoms with van der Waals surface area (Å²) in [4.78, 5) is 17.0. The first-order chi connectivity index (χ1) is 12.5. The molecular formula is C18H19N3O4S. The van der Waals surface area contributed by atoms with Crippen LogP contribution in [-0.4, -0.2) is 25.0 Å². The van der Waals surface area contributed by atoms with Gasteiger partial charge >= 0.3 is 0 Å². The summed E-state index contributed by atoms with van der Waals surface area (Å²) < 4.78 is 33.8. The second-order valence-corrected chi connectivity index (χ2v) is 8.36. The normalized spacial score (nSPS) is 20.1. The largest absolute Gasteiger partial charge is 0.448 e. The van der Waals surface area contributed by atoms with E-state index in [1.807, 2.05) is 0 Å². The van der Waals surface area contributed by atoms with Crippen LogP contribution in [-0.2, 0) is 20.2 Å². The Labute approximate surface area is 151 Å². The van der Waals surface area contributed by atoms with E-state index < -0.39 is 10.0 Å². The molecule has 0 saturated heterocycles. The molecule has 0 unspecified atom stereocenters. The highest BCUT2D eigenvalue weighted by Crippen LogP contribution is 2.44. The molecule has 0 spiro atoms. The molecule has 1 saturated carbocycles. The van der Waals surface area contributed by atoms with Crippen molar-refractivity contribution in [2.24, 2.45) is 4.40 Å². The molecule has 1 aliphatic carbocycles. The number of nitrogens with zero attached hydrogens (tertiary/aromatic N) is 2. The maximum absolute atomic E-state index is 12.7. The molecule has 1 aromatic carbocycles. The van der Waals surface area contributed by atoms with Gasteiger partial charge in [0.25, 0.3) is 10.0 Å². The van der Waals surface area contributed by atoms with Crippen LogP contribution in [0.15, 0.2) is 50.4 Å². The Morgan fingerprint density at radius 1 is 1.23 bits per heavy atom. The van der Waals surface area contributed by atoms with Gasteiger partial charge in [-0.15, -0.1) is 4.40 Å². The van der Waals surface area contributed by atoms with E-state index in [2.05, 4.69) is 14.7 Å². The first-order valence-electron chi connectivity index (χ1n) is 8.64. The van der Waals surface area contributed by atoms with E-state index in [1.165, 1.54) is 6.07 Å². The summed E-state index contributed by atoms with van der Waals surface area (Å²) in [5.74, 6) is 0.226. The van der Waals surface area contributed by atoms with Gasteiger partial charge in [0.15, 0.2) is 17.5 Å². The van der Waals surface area contributed by atoms with Gasteiger partial charge in [0.2, 0.25) is 0 Å². The van der Waals surface area contributed by atoms with Crippen LogP contribution in [0.3, 0.4) is 0 Å². The quantitative estimate of drug-likeness (QED) is 0.864. The highest BCUT2D eigenvalue weighted by molar-refractivity contribution is 7.90. The van der Waals surface area contributed by atoms with Crippen LogP contribution in [0.4, 0.5) is 5.69 Å². The van der Waals surface area contributed by atoms with E-state index in [1.54, 1.807) is 30.7 Å². The topological polar surface area (TPSA) is 102 Å². The maximum Gasteiger partial charge on any atom is 0.286 e. The Kier molecular flexibility index (Phi) is 4.14. The third-order valence-electron chi connectivity index (χ3n) is 5.17. The second-order valence-electron chi connectivity index (χ2n) is 6.78. The third-order valence-corrected chi connectivity index (χ3v) is 6.51. The molecule has 7 nitrogen and oxygen atoms in total. The molecule has 26 heavy (non-hydrogen) atoms. The molecule has 8 heteroatoms. The van der Waals surface area contributed by atoms with Gasteiger partial charge in [-0.3, -0.25) is 4.79 Å². The van der Waals surface area contributed by atoms with Gasteiger partial charge in [-0.2, -0.15) is 8.42 Å². The van der Waals surface area contributed by atoms with Crippen molar-refractivity contribution >= 4 is 27.3 Å². The minimum absolute atomic E-state index is 0.0867. The number of carbonyl (C=O) groups excluding carboxylic acids is 1. The second kappa shape index (κ2) is 6.35. The summed E-state index contributed by atoms with van der Waals surface area (Å²) in [6, 6.07) is 6.43. The van der Waals surface area contributed by atoms with Gasteiger partial charge in [0, 0.05) is 11.8 Å². The Hall–Kier alpha value is -2.48. The predicted octanol–water partition coefficient (Wildman–Crippen LogP) is 3.05. The van der Waals surface area contributed by atoms with Crippen molar-refractivity contribution in [3.8, 4) is 0 Å². The number of sulfonamides is 1. The molecule has 0 bridgehead atoms. The molecular weight excluding hydrogens is 354 g/mol. The lowest BCUT2D eigenvalue weighted by Gasteiger charge is -2.25. The fourth-order valence-corrected chi connectivity index (χ4v) is 4.95. The van der Waals surface area contributed by atoms with Gasteiger partial charge < -0.3 is 9.73 Å². The molecule has 4 rings (SSSR count). The number of anilines is 1. The van der Waals surface area contributed by atoms with Crippen LogP contribution < -0.4 is 5.32 Å². The molecule has 1 aromatic heterocycles. The number of carbonyl (C=O) groups is 1. The van der Waals surface area contributed by atoms with Gasteiger partial charge in [-0.05, 0) is 31.4 Å². The van der Waals surface area contributed by atoms with Gasteiger partial charge in [-0.25, -0.2) is 4.98 Å². The fraction of sp³-hybridized carbons (Fsp3) is 0.389. The van der Waals surface area contributed by atoms with Crippen LogP contribution in [0.5, 0.6) is 0 Å². The Morgan fingerprint density at radius 3 is 2.73 bits per heavy atom. The van der Waals surface area contributed by atoms with Crippen LogP contribution in [0.25, 0.3) is 0 Å². The number of amidine groups is 1. The van der Waals surface area contributed by atoms with Crippen molar-refractivity contribution in [2.45, 2.75) is 48.8 Å². The summed E-state index contributed by atoms with van der Waals surface area (Å²) in [6.07, 6.45) is 7.89. The van der Waals surface area contributed by atoms with Gasteiger partial charge in [-0.1, -0.05) is 25.0 Å². The Bertz CT molecular complexity index is 958. The zero-order valence-corrected chi connectivity index (χ0v) is 15.0. The lowest BCUT2D eigenvalue weighted by molar-refractivity contribution is -0.113. The first kappa shape index (κ1) is 17.0. The number of hydrogen-bond acceptors (Lipinski definition) is 6. The monoisotopic (exact) mass is 373 g/mol. The Balaban J connectivity index is 1.53. The molecule has 0 atom stereocenters. The van der Waals surface area contributed by atoms with Crippen LogP contribution >= 0.6 is 0 Å². The average molecular weight is 373 g/mol. The Morgan fingerprint density at radius 2 is 2.00 bits per heavy atom. The lowest BCUT2D eigenvalue weighted by Crippen LogP contribution is -2.31. The molecule has 0 radical (unpaired) electrons. The highest BCUT2D eigenvalue weighted by atomic mass is 32.2. The summed E-state index contributed by atoms with van der Waals surface area (Å²) in [5, 5.41) is 2.86. The van der Waals surface area contributed by atoms with Crippen molar-refractivity contribution in [1.29, 1.82) is 0 Å². The fourth-order valence-electron chi connectivity index (χ4n) is 3.81. The number of Topliss-reactive ketones (excluding diaryl/α,β-unsaturated/α-hetero) is 1. The zero-order valence-electron chi connectivity index (χ0n) is 14.1. The van der Waals surface area contributed by atoms with E-state index in [0.29, 0.717) is 18.0 Å². The zero-order chi connectivity index (χ0) is 18.2. The number of fused-ring (bicyclic) bond motifs is 1. The van der Waals surface area contributed by atoms with E-state index in [0.717, 1.165) is 25.7 Å². The van der Waals surface area contributed by atoms with Crippen molar-refractivity contribution in [1.82, 2.24) is 4.98 Å². The molecule has 0 amide bonds. The van der Waals surface area contributed by atoms with Crippen LogP contribution in [0.2, 0.25) is 0 Å². The minimum Gasteiger partial charge on any atom is -0.448 e. The van der Waals surface area contributed by atoms with Crippen molar-refractivity contribution in [2.75, 3.05) is 5.32 Å². The number of hydrogen-bond donors (Lipinski definition) is 1. The number of rotatable bonds is 5. The molecule has 2 aromatic rings. The number of oxazole rings is 1. The van der Waals surface area contributed by atoms with Crippen molar-refractivity contribution in [3.05, 3.63) is 42.6 Å². The van der Waals surface area contributed by atoms with E-state index in [-0.39, 0.29) is 28.4 Å². The van der Waals surface area contributed by atoms with Crippen LogP contribution in [0, 0.1) is 0 Å². The highest BCUT2D eigenvalue weighted by Gasteiger charge is 2.40. The lowest BCUT2D eigenvalue weighted by atomic mass is 9.80. The smallest absolute Gasteiger partial charge is 0.286 e. The SMILES string of the molecule is O=C(CCC1(c2ncco2)CCCC1)C1=NS(=O)(=O)c2ccccc2N1. The van der Waals surface area contributed by atoms with E-state index in [9.17, 15) is 13.2 Å².